The van der Waals surface area contributed by atoms with E-state index in [4.69, 9.17) is 28.6 Å². The molecular weight excluding hydrogens is 342 g/mol. The normalized spacial score (nSPS) is 11.9. The topological polar surface area (TPSA) is 58.6 Å². The highest BCUT2D eigenvalue weighted by molar-refractivity contribution is 7.98. The summed E-state index contributed by atoms with van der Waals surface area (Å²) in [5, 5.41) is 13.5. The minimum absolute atomic E-state index is 0.0573. The van der Waals surface area contributed by atoms with E-state index in [1.807, 2.05) is 18.4 Å². The van der Waals surface area contributed by atoms with Gasteiger partial charge in [-0.3, -0.25) is 0 Å². The average Bonchev–Trinajstić information content (AvgIpc) is 2.49. The molecule has 0 aliphatic carbocycles. The van der Waals surface area contributed by atoms with Crippen LogP contribution in [0.4, 0.5) is 5.69 Å². The second kappa shape index (κ2) is 8.41. The number of halogens is 1. The first kappa shape index (κ1) is 18.8. The van der Waals surface area contributed by atoms with Crippen molar-refractivity contribution in [3.8, 4) is 0 Å². The minimum atomic E-state index is -0.694. The second-order valence-corrected chi connectivity index (χ2v) is 6.40. The molecule has 22 heavy (non-hydrogen) atoms. The zero-order valence-corrected chi connectivity index (χ0v) is 15.2. The highest BCUT2D eigenvalue weighted by Gasteiger charge is 2.23. The van der Waals surface area contributed by atoms with E-state index in [0.29, 0.717) is 10.7 Å². The van der Waals surface area contributed by atoms with Gasteiger partial charge in [0.1, 0.15) is 16.3 Å². The molecule has 0 saturated heterocycles. The van der Waals surface area contributed by atoms with Crippen LogP contribution >= 0.6 is 35.6 Å². The molecule has 2 N–H and O–H groups in total. The number of ether oxygens (including phenoxy) is 1. The number of thioether (sulfide) groups is 1. The maximum Gasteiger partial charge on any atom is 0.344 e. The minimum Gasteiger partial charge on any atom is -0.511 e. The molecule has 0 aromatic heterocycles. The van der Waals surface area contributed by atoms with E-state index in [-0.39, 0.29) is 22.2 Å². The first-order chi connectivity index (χ1) is 10.3. The molecule has 0 unspecified atom stereocenters. The number of methoxy groups -OCH3 is 1. The third kappa shape index (κ3) is 4.63. The van der Waals surface area contributed by atoms with Crippen LogP contribution in [0.15, 0.2) is 34.4 Å². The van der Waals surface area contributed by atoms with Crippen molar-refractivity contribution >= 4 is 52.2 Å². The molecule has 7 heteroatoms. The van der Waals surface area contributed by atoms with Crippen molar-refractivity contribution in [2.75, 3.05) is 18.7 Å². The van der Waals surface area contributed by atoms with Crippen molar-refractivity contribution in [2.45, 2.75) is 18.7 Å². The van der Waals surface area contributed by atoms with E-state index in [0.717, 1.165) is 4.90 Å². The number of benzene rings is 1. The van der Waals surface area contributed by atoms with Gasteiger partial charge in [-0.15, -0.1) is 11.8 Å². The van der Waals surface area contributed by atoms with Gasteiger partial charge in [-0.1, -0.05) is 37.7 Å². The van der Waals surface area contributed by atoms with Gasteiger partial charge >= 0.3 is 5.97 Å². The summed E-state index contributed by atoms with van der Waals surface area (Å²) in [7, 11) is 1.24. The summed E-state index contributed by atoms with van der Waals surface area (Å²) in [4.78, 5) is 13.0. The van der Waals surface area contributed by atoms with Gasteiger partial charge in [-0.25, -0.2) is 4.79 Å². The molecule has 120 valence electrons. The lowest BCUT2D eigenvalue weighted by Crippen LogP contribution is -2.23. The molecule has 0 amide bonds. The third-order valence-electron chi connectivity index (χ3n) is 2.84. The van der Waals surface area contributed by atoms with Crippen LogP contribution in [0.25, 0.3) is 0 Å². The molecule has 0 bridgehead atoms. The van der Waals surface area contributed by atoms with Crippen molar-refractivity contribution in [2.24, 2.45) is 5.92 Å². The Morgan fingerprint density at radius 2 is 2.09 bits per heavy atom. The fourth-order valence-electron chi connectivity index (χ4n) is 1.62. The van der Waals surface area contributed by atoms with Gasteiger partial charge in [-0.2, -0.15) is 0 Å². The van der Waals surface area contributed by atoms with Crippen LogP contribution in [-0.2, 0) is 9.53 Å². The van der Waals surface area contributed by atoms with Gasteiger partial charge in [0.2, 0.25) is 0 Å². The summed E-state index contributed by atoms with van der Waals surface area (Å²) >= 11 is 12.9. The first-order valence-electron chi connectivity index (χ1n) is 6.48. The number of hydrogen-bond donors (Lipinski definition) is 2. The standard InChI is InChI=1S/C15H18ClNO3S2/c1-8(2)13(18)12(15(19)20-3)14(21)17-11-7-9(22-4)5-6-10(11)16/h5-8,18H,1-4H3,(H,17,21). The monoisotopic (exact) mass is 359 g/mol. The Kier molecular flexibility index (Phi) is 7.19. The molecule has 1 rings (SSSR count). The summed E-state index contributed by atoms with van der Waals surface area (Å²) in [6, 6.07) is 5.44. The number of allylic oxidation sites excluding steroid dienone is 1. The second-order valence-electron chi connectivity index (χ2n) is 4.71. The van der Waals surface area contributed by atoms with Crippen LogP contribution in [0.2, 0.25) is 5.02 Å². The molecule has 1 aromatic carbocycles. The lowest BCUT2D eigenvalue weighted by molar-refractivity contribution is -0.135. The largest absolute Gasteiger partial charge is 0.511 e. The number of aliphatic hydroxyl groups excluding tert-OH is 1. The van der Waals surface area contributed by atoms with Crippen LogP contribution in [-0.4, -0.2) is 29.4 Å². The lowest BCUT2D eigenvalue weighted by Gasteiger charge is -2.15. The number of aliphatic hydroxyl groups is 1. The molecule has 1 aromatic rings. The molecule has 0 heterocycles. The molecule has 0 fully saturated rings. The van der Waals surface area contributed by atoms with E-state index in [1.54, 1.807) is 31.7 Å². The Balaban J connectivity index is 3.18. The Hall–Kier alpha value is -1.24. The van der Waals surface area contributed by atoms with Crippen molar-refractivity contribution in [3.63, 3.8) is 0 Å². The molecular formula is C15H18ClNO3S2. The quantitative estimate of drug-likeness (QED) is 0.266. The molecule has 0 aliphatic heterocycles. The summed E-state index contributed by atoms with van der Waals surface area (Å²) in [5.74, 6) is -1.08. The van der Waals surface area contributed by atoms with Crippen LogP contribution in [0.5, 0.6) is 0 Å². The van der Waals surface area contributed by atoms with Crippen LogP contribution in [0.1, 0.15) is 13.8 Å². The van der Waals surface area contributed by atoms with Gasteiger partial charge in [0.15, 0.2) is 0 Å². The first-order valence-corrected chi connectivity index (χ1v) is 8.49. The highest BCUT2D eigenvalue weighted by atomic mass is 35.5. The number of anilines is 1. The number of hydrogen-bond acceptors (Lipinski definition) is 5. The number of rotatable bonds is 5. The molecule has 0 aliphatic rings. The lowest BCUT2D eigenvalue weighted by atomic mass is 10.1. The average molecular weight is 360 g/mol. The zero-order chi connectivity index (χ0) is 16.9. The molecule has 0 atom stereocenters. The number of esters is 1. The van der Waals surface area contributed by atoms with Crippen molar-refractivity contribution in [1.82, 2.24) is 0 Å². The van der Waals surface area contributed by atoms with Gasteiger partial charge < -0.3 is 15.2 Å². The van der Waals surface area contributed by atoms with Crippen molar-refractivity contribution < 1.29 is 14.6 Å². The number of thiocarbonyl (C=S) groups is 1. The van der Waals surface area contributed by atoms with E-state index >= 15 is 0 Å². The van der Waals surface area contributed by atoms with Crippen LogP contribution in [0, 0.1) is 5.92 Å². The Morgan fingerprint density at radius 3 is 2.59 bits per heavy atom. The third-order valence-corrected chi connectivity index (χ3v) is 4.20. The number of carbonyl (C=O) groups is 1. The van der Waals surface area contributed by atoms with Crippen molar-refractivity contribution in [3.05, 3.63) is 34.6 Å². The smallest absolute Gasteiger partial charge is 0.344 e. The van der Waals surface area contributed by atoms with E-state index in [9.17, 15) is 9.90 Å². The Labute approximate surface area is 144 Å². The van der Waals surface area contributed by atoms with Gasteiger partial charge in [0.25, 0.3) is 0 Å². The summed E-state index contributed by atoms with van der Waals surface area (Å²) in [6.07, 6.45) is 1.94. The van der Waals surface area contributed by atoms with Crippen LogP contribution in [0.3, 0.4) is 0 Å². The maximum atomic E-state index is 11.9. The SMILES string of the molecule is COC(=O)C(C(=S)Nc1cc(SC)ccc1Cl)=C(O)C(C)C. The predicted octanol–water partition coefficient (Wildman–Crippen LogP) is 4.44. The molecule has 4 nitrogen and oxygen atoms in total. The molecule has 0 saturated carbocycles. The summed E-state index contributed by atoms with van der Waals surface area (Å²) in [5.41, 5.74) is 0.509. The summed E-state index contributed by atoms with van der Waals surface area (Å²) in [6.45, 7) is 3.50. The fraction of sp³-hybridized carbons (Fsp3) is 0.333. The van der Waals surface area contributed by atoms with E-state index in [1.165, 1.54) is 7.11 Å². The van der Waals surface area contributed by atoms with E-state index < -0.39 is 5.97 Å². The van der Waals surface area contributed by atoms with Crippen LogP contribution < -0.4 is 5.32 Å². The highest BCUT2D eigenvalue weighted by Crippen LogP contribution is 2.28. The van der Waals surface area contributed by atoms with E-state index in [2.05, 4.69) is 5.32 Å². The Morgan fingerprint density at radius 1 is 1.45 bits per heavy atom. The fourth-order valence-corrected chi connectivity index (χ4v) is 2.52. The molecule has 0 spiro atoms. The zero-order valence-electron chi connectivity index (χ0n) is 12.8. The van der Waals surface area contributed by atoms with Gasteiger partial charge in [-0.05, 0) is 24.5 Å². The number of nitrogens with one attached hydrogen (secondary N) is 1. The number of carbonyl (C=O) groups excluding carboxylic acids is 1. The van der Waals surface area contributed by atoms with Gasteiger partial charge in [0.05, 0.1) is 17.8 Å². The maximum absolute atomic E-state index is 11.9. The van der Waals surface area contributed by atoms with Crippen molar-refractivity contribution in [1.29, 1.82) is 0 Å². The summed E-state index contributed by atoms with van der Waals surface area (Å²) < 4.78 is 4.70. The van der Waals surface area contributed by atoms with Gasteiger partial charge in [0, 0.05) is 10.8 Å². The Bertz CT molecular complexity index is 615. The molecule has 0 radical (unpaired) electrons. The predicted molar refractivity (Wildman–Crippen MR) is 96.0 cm³/mol.